The largest absolute Gasteiger partial charge is 0.386 e. The number of hydrogen-bond acceptors (Lipinski definition) is 3. The number of carbonyl (C=O) groups excluding carboxylic acids is 1. The minimum Gasteiger partial charge on any atom is -0.386 e. The van der Waals surface area contributed by atoms with Crippen molar-refractivity contribution in [2.45, 2.75) is 13.0 Å². The highest BCUT2D eigenvalue weighted by molar-refractivity contribution is 5.93. The smallest absolute Gasteiger partial charge is 0.252 e. The highest BCUT2D eigenvalue weighted by Gasteiger charge is 2.18. The number of halogens is 2. The number of nitrogens with zero attached hydrogens (tertiary/aromatic N) is 1. The normalized spacial score (nSPS) is 12.0. The Morgan fingerprint density at radius 1 is 1.29 bits per heavy atom. The molecule has 0 bridgehead atoms. The van der Waals surface area contributed by atoms with Crippen molar-refractivity contribution >= 4 is 5.91 Å². The molecule has 4 nitrogen and oxygen atoms in total. The van der Waals surface area contributed by atoms with Gasteiger partial charge < -0.3 is 10.4 Å². The second kappa shape index (κ2) is 6.41. The Kier molecular flexibility index (Phi) is 4.59. The van der Waals surface area contributed by atoms with Gasteiger partial charge in [0.1, 0.15) is 17.7 Å². The van der Waals surface area contributed by atoms with Gasteiger partial charge in [0.05, 0.1) is 11.1 Å². The Labute approximate surface area is 120 Å². The molecule has 110 valence electrons. The number of aliphatic hydroxyl groups is 1. The summed E-state index contributed by atoms with van der Waals surface area (Å²) in [5.41, 5.74) is 0.613. The van der Waals surface area contributed by atoms with E-state index in [1.807, 2.05) is 0 Å². The number of benzene rings is 1. The molecule has 1 unspecified atom stereocenters. The quantitative estimate of drug-likeness (QED) is 0.907. The average Bonchev–Trinajstić information content (AvgIpc) is 2.45. The Morgan fingerprint density at radius 2 is 1.95 bits per heavy atom. The van der Waals surface area contributed by atoms with E-state index in [2.05, 4.69) is 10.3 Å². The minimum absolute atomic E-state index is 0.301. The van der Waals surface area contributed by atoms with E-state index in [4.69, 9.17) is 0 Å². The topological polar surface area (TPSA) is 62.2 Å². The van der Waals surface area contributed by atoms with E-state index in [9.17, 15) is 18.7 Å². The van der Waals surface area contributed by atoms with Crippen molar-refractivity contribution in [2.24, 2.45) is 0 Å². The van der Waals surface area contributed by atoms with E-state index in [1.54, 1.807) is 19.1 Å². The molecule has 0 radical (unpaired) electrons. The molecule has 1 aromatic heterocycles. The van der Waals surface area contributed by atoms with E-state index in [-0.39, 0.29) is 6.54 Å². The molecule has 1 atom stereocenters. The van der Waals surface area contributed by atoms with E-state index in [0.717, 1.165) is 17.8 Å². The van der Waals surface area contributed by atoms with Crippen LogP contribution in [0.4, 0.5) is 8.78 Å². The van der Waals surface area contributed by atoms with Crippen LogP contribution in [0.1, 0.15) is 27.7 Å². The first-order valence-electron chi connectivity index (χ1n) is 6.32. The van der Waals surface area contributed by atoms with Gasteiger partial charge in [-0.25, -0.2) is 8.78 Å². The van der Waals surface area contributed by atoms with Crippen LogP contribution in [0.25, 0.3) is 0 Å². The van der Waals surface area contributed by atoms with Gasteiger partial charge >= 0.3 is 0 Å². The number of aromatic nitrogens is 1. The number of amides is 1. The van der Waals surface area contributed by atoms with Crippen LogP contribution in [0.2, 0.25) is 0 Å². The van der Waals surface area contributed by atoms with Crippen LogP contribution in [-0.2, 0) is 0 Å². The van der Waals surface area contributed by atoms with Crippen LogP contribution in [0.3, 0.4) is 0 Å². The first-order chi connectivity index (χ1) is 9.99. The van der Waals surface area contributed by atoms with Crippen LogP contribution in [-0.4, -0.2) is 22.5 Å². The highest BCUT2D eigenvalue weighted by atomic mass is 19.1. The Bertz CT molecular complexity index is 624. The number of hydrogen-bond donors (Lipinski definition) is 2. The predicted molar refractivity (Wildman–Crippen MR) is 72.6 cm³/mol. The third kappa shape index (κ3) is 3.61. The van der Waals surface area contributed by atoms with Gasteiger partial charge in [-0.2, -0.15) is 0 Å². The first kappa shape index (κ1) is 15.1. The summed E-state index contributed by atoms with van der Waals surface area (Å²) in [5, 5.41) is 12.2. The molecule has 0 saturated carbocycles. The van der Waals surface area contributed by atoms with Gasteiger partial charge in [0, 0.05) is 18.4 Å². The molecule has 2 aromatic rings. The molecule has 2 rings (SSSR count). The summed E-state index contributed by atoms with van der Waals surface area (Å²) in [4.78, 5) is 15.8. The summed E-state index contributed by atoms with van der Waals surface area (Å²) in [5.74, 6) is -2.18. The van der Waals surface area contributed by atoms with Crippen molar-refractivity contribution in [1.29, 1.82) is 0 Å². The number of nitrogens with one attached hydrogen (secondary N) is 1. The fourth-order valence-corrected chi connectivity index (χ4v) is 1.82. The lowest BCUT2D eigenvalue weighted by Crippen LogP contribution is -2.29. The van der Waals surface area contributed by atoms with Crippen molar-refractivity contribution in [1.82, 2.24) is 10.3 Å². The van der Waals surface area contributed by atoms with Gasteiger partial charge in [0.25, 0.3) is 5.91 Å². The van der Waals surface area contributed by atoms with E-state index < -0.39 is 29.2 Å². The third-order valence-corrected chi connectivity index (χ3v) is 2.96. The molecule has 1 aromatic carbocycles. The monoisotopic (exact) mass is 292 g/mol. The van der Waals surface area contributed by atoms with Crippen LogP contribution in [0.15, 0.2) is 36.5 Å². The first-order valence-corrected chi connectivity index (χ1v) is 6.32. The third-order valence-electron chi connectivity index (χ3n) is 2.96. The van der Waals surface area contributed by atoms with Crippen LogP contribution in [0, 0.1) is 18.6 Å². The standard InChI is InChI=1S/C15H14F2N2O2/c1-9-5-6-10(7-18-9)15(21)19-8-13(20)14-11(16)3-2-4-12(14)17/h2-7,13,20H,8H2,1H3,(H,19,21). The summed E-state index contributed by atoms with van der Waals surface area (Å²) in [6, 6.07) is 6.55. The molecule has 0 aliphatic rings. The lowest BCUT2D eigenvalue weighted by atomic mass is 10.1. The SMILES string of the molecule is Cc1ccc(C(=O)NCC(O)c2c(F)cccc2F)cn1. The van der Waals surface area contributed by atoms with Crippen LogP contribution < -0.4 is 5.32 Å². The fourth-order valence-electron chi connectivity index (χ4n) is 1.82. The van der Waals surface area contributed by atoms with Crippen molar-refractivity contribution in [2.75, 3.05) is 6.54 Å². The van der Waals surface area contributed by atoms with Crippen molar-refractivity contribution in [3.05, 3.63) is 65.0 Å². The zero-order chi connectivity index (χ0) is 15.4. The lowest BCUT2D eigenvalue weighted by molar-refractivity contribution is 0.0911. The van der Waals surface area contributed by atoms with Gasteiger partial charge in [-0.15, -0.1) is 0 Å². The Balaban J connectivity index is 2.02. The number of carbonyl (C=O) groups is 1. The summed E-state index contributed by atoms with van der Waals surface area (Å²) in [6.07, 6.45) is -0.0747. The number of aliphatic hydroxyl groups excluding tert-OH is 1. The van der Waals surface area contributed by atoms with E-state index >= 15 is 0 Å². The maximum absolute atomic E-state index is 13.5. The second-order valence-electron chi connectivity index (χ2n) is 4.55. The molecule has 0 aliphatic carbocycles. The number of aryl methyl sites for hydroxylation is 1. The van der Waals surface area contributed by atoms with Crippen molar-refractivity contribution in [3.8, 4) is 0 Å². The van der Waals surface area contributed by atoms with E-state index in [1.165, 1.54) is 12.3 Å². The van der Waals surface area contributed by atoms with Crippen LogP contribution >= 0.6 is 0 Å². The zero-order valence-electron chi connectivity index (χ0n) is 11.3. The van der Waals surface area contributed by atoms with Gasteiger partial charge in [0.2, 0.25) is 0 Å². The molecule has 6 heteroatoms. The van der Waals surface area contributed by atoms with E-state index in [0.29, 0.717) is 5.56 Å². The van der Waals surface area contributed by atoms with Gasteiger partial charge in [0.15, 0.2) is 0 Å². The fraction of sp³-hybridized carbons (Fsp3) is 0.200. The second-order valence-corrected chi connectivity index (χ2v) is 4.55. The molecule has 21 heavy (non-hydrogen) atoms. The molecule has 0 aliphatic heterocycles. The average molecular weight is 292 g/mol. The molecular weight excluding hydrogens is 278 g/mol. The molecule has 0 spiro atoms. The maximum Gasteiger partial charge on any atom is 0.252 e. The molecule has 1 heterocycles. The Hall–Kier alpha value is -2.34. The lowest BCUT2D eigenvalue weighted by Gasteiger charge is -2.13. The van der Waals surface area contributed by atoms with Gasteiger partial charge in [-0.1, -0.05) is 6.07 Å². The number of rotatable bonds is 4. The van der Waals surface area contributed by atoms with Gasteiger partial charge in [-0.3, -0.25) is 9.78 Å². The van der Waals surface area contributed by atoms with Crippen molar-refractivity contribution < 1.29 is 18.7 Å². The predicted octanol–water partition coefficient (Wildman–Crippen LogP) is 2.13. The number of pyridine rings is 1. The summed E-state index contributed by atoms with van der Waals surface area (Å²) in [7, 11) is 0. The van der Waals surface area contributed by atoms with Gasteiger partial charge in [-0.05, 0) is 31.2 Å². The Morgan fingerprint density at radius 3 is 2.52 bits per heavy atom. The summed E-state index contributed by atoms with van der Waals surface area (Å²) < 4.78 is 26.9. The maximum atomic E-state index is 13.5. The summed E-state index contributed by atoms with van der Waals surface area (Å²) >= 11 is 0. The van der Waals surface area contributed by atoms with Crippen LogP contribution in [0.5, 0.6) is 0 Å². The summed E-state index contributed by atoms with van der Waals surface area (Å²) in [6.45, 7) is 1.48. The molecule has 0 saturated heterocycles. The van der Waals surface area contributed by atoms with Crippen molar-refractivity contribution in [3.63, 3.8) is 0 Å². The molecule has 1 amide bonds. The zero-order valence-corrected chi connectivity index (χ0v) is 11.3. The highest BCUT2D eigenvalue weighted by Crippen LogP contribution is 2.20. The molecular formula is C15H14F2N2O2. The molecule has 0 fully saturated rings. The molecule has 2 N–H and O–H groups in total. The minimum atomic E-state index is -1.46.